The number of aliphatic hydroxyl groups excluding tert-OH is 2. The molecule has 110 valence electrons. The zero-order valence-corrected chi connectivity index (χ0v) is 13.5. The molecule has 0 aromatic heterocycles. The van der Waals surface area contributed by atoms with Gasteiger partial charge < -0.3 is 15.3 Å². The molecule has 4 heteroatoms. The van der Waals surface area contributed by atoms with Gasteiger partial charge in [-0.15, -0.1) is 0 Å². The van der Waals surface area contributed by atoms with Gasteiger partial charge >= 0.3 is 0 Å². The van der Waals surface area contributed by atoms with Crippen molar-refractivity contribution in [2.75, 3.05) is 0 Å². The van der Waals surface area contributed by atoms with Gasteiger partial charge in [0.05, 0.1) is 6.10 Å². The molecule has 3 rings (SSSR count). The number of halogens is 1. The Morgan fingerprint density at radius 2 is 2.10 bits per heavy atom. The van der Waals surface area contributed by atoms with E-state index in [-0.39, 0.29) is 10.2 Å². The van der Waals surface area contributed by atoms with Crippen LogP contribution in [0.5, 0.6) is 5.75 Å². The van der Waals surface area contributed by atoms with Crippen molar-refractivity contribution in [3.05, 3.63) is 29.3 Å². The van der Waals surface area contributed by atoms with Crippen LogP contribution in [0.4, 0.5) is 0 Å². The van der Waals surface area contributed by atoms with Gasteiger partial charge in [0.15, 0.2) is 0 Å². The Hall–Kier alpha value is -0.330. The minimum absolute atomic E-state index is 0.253. The summed E-state index contributed by atoms with van der Waals surface area (Å²) in [7, 11) is 0. The van der Waals surface area contributed by atoms with E-state index in [1.807, 2.05) is 28.7 Å². The summed E-state index contributed by atoms with van der Waals surface area (Å²) >= 11 is 2.03. The summed E-state index contributed by atoms with van der Waals surface area (Å²) in [6.07, 6.45) is 4.05. The largest absolute Gasteiger partial charge is 0.508 e. The number of phenols is 1. The fraction of sp³-hybridized carbons (Fsp3) is 0.625. The van der Waals surface area contributed by atoms with E-state index in [2.05, 4.69) is 6.07 Å². The maximum absolute atomic E-state index is 10.3. The summed E-state index contributed by atoms with van der Waals surface area (Å²) < 4.78 is -0.321. The van der Waals surface area contributed by atoms with Gasteiger partial charge in [0, 0.05) is 0 Å². The number of fused-ring (bicyclic) bond motifs is 2. The second kappa shape index (κ2) is 5.81. The molecule has 0 heterocycles. The zero-order chi connectivity index (χ0) is 14.3. The van der Waals surface area contributed by atoms with Crippen LogP contribution in [0.1, 0.15) is 30.4 Å². The lowest BCUT2D eigenvalue weighted by Gasteiger charge is -2.31. The fourth-order valence-electron chi connectivity index (χ4n) is 4.15. The predicted octanol–water partition coefficient (Wildman–Crippen LogP) is 2.64. The average Bonchev–Trinajstić information content (AvgIpc) is 2.69. The Morgan fingerprint density at radius 3 is 2.85 bits per heavy atom. The van der Waals surface area contributed by atoms with E-state index in [0.717, 1.165) is 37.7 Å². The molecule has 1 aromatic carbocycles. The first-order valence-corrected chi connectivity index (χ1v) is 8.60. The molecule has 0 saturated heterocycles. The first-order chi connectivity index (χ1) is 9.56. The smallest absolute Gasteiger partial charge is 0.119 e. The lowest BCUT2D eigenvalue weighted by molar-refractivity contribution is 0.104. The maximum Gasteiger partial charge on any atom is 0.119 e. The molecule has 3 nitrogen and oxygen atoms in total. The topological polar surface area (TPSA) is 60.7 Å². The van der Waals surface area contributed by atoms with Crippen LogP contribution in [0.15, 0.2) is 18.2 Å². The number of rotatable bonds is 3. The van der Waals surface area contributed by atoms with E-state index in [1.165, 1.54) is 5.56 Å². The number of hydrogen-bond acceptors (Lipinski definition) is 3. The summed E-state index contributed by atoms with van der Waals surface area (Å²) in [6.45, 7) is 0. The van der Waals surface area contributed by atoms with E-state index in [0.29, 0.717) is 23.5 Å². The second-order valence-corrected chi connectivity index (χ2v) is 7.66. The highest BCUT2D eigenvalue weighted by molar-refractivity contribution is 14.1. The molecule has 1 fully saturated rings. The van der Waals surface area contributed by atoms with Crippen LogP contribution in [-0.2, 0) is 12.8 Å². The quantitative estimate of drug-likeness (QED) is 0.551. The first-order valence-electron chi connectivity index (χ1n) is 7.36. The third-order valence-electron chi connectivity index (χ3n) is 5.10. The van der Waals surface area contributed by atoms with Crippen molar-refractivity contribution in [1.82, 2.24) is 0 Å². The van der Waals surface area contributed by atoms with E-state index < -0.39 is 0 Å². The van der Waals surface area contributed by atoms with Gasteiger partial charge in [0.25, 0.3) is 0 Å². The highest BCUT2D eigenvalue weighted by Gasteiger charge is 2.44. The molecule has 2 aliphatic carbocycles. The Balaban J connectivity index is 1.79. The number of benzene rings is 1. The predicted molar refractivity (Wildman–Crippen MR) is 85.9 cm³/mol. The van der Waals surface area contributed by atoms with E-state index in [9.17, 15) is 15.3 Å². The monoisotopic (exact) mass is 388 g/mol. The summed E-state index contributed by atoms with van der Waals surface area (Å²) in [5, 5.41) is 29.8. The molecule has 5 atom stereocenters. The van der Waals surface area contributed by atoms with Crippen molar-refractivity contribution in [3.63, 3.8) is 0 Å². The van der Waals surface area contributed by atoms with Crippen molar-refractivity contribution in [1.29, 1.82) is 0 Å². The molecule has 20 heavy (non-hydrogen) atoms. The first kappa shape index (κ1) is 14.6. The Labute approximate surface area is 133 Å². The molecule has 1 saturated carbocycles. The second-order valence-electron chi connectivity index (χ2n) is 6.23. The minimum Gasteiger partial charge on any atom is -0.508 e. The zero-order valence-electron chi connectivity index (χ0n) is 11.4. The molecule has 0 bridgehead atoms. The van der Waals surface area contributed by atoms with E-state index >= 15 is 0 Å². The Morgan fingerprint density at radius 1 is 1.30 bits per heavy atom. The molecule has 2 aliphatic rings. The van der Waals surface area contributed by atoms with Gasteiger partial charge in [-0.05, 0) is 67.1 Å². The van der Waals surface area contributed by atoms with Crippen molar-refractivity contribution < 1.29 is 15.3 Å². The van der Waals surface area contributed by atoms with Crippen molar-refractivity contribution in [3.8, 4) is 5.75 Å². The number of aromatic hydroxyl groups is 1. The highest BCUT2D eigenvalue weighted by atomic mass is 127. The van der Waals surface area contributed by atoms with Crippen LogP contribution in [0.2, 0.25) is 0 Å². The van der Waals surface area contributed by atoms with Crippen LogP contribution in [0.25, 0.3) is 0 Å². The number of alkyl halides is 1. The molecule has 0 spiro atoms. The number of hydrogen-bond donors (Lipinski definition) is 3. The lowest BCUT2D eigenvalue weighted by atomic mass is 9.73. The molecule has 0 aliphatic heterocycles. The number of aliphatic hydroxyl groups is 2. The molecular formula is C16H21IO3. The van der Waals surface area contributed by atoms with Crippen LogP contribution in [0, 0.1) is 17.8 Å². The Bertz CT molecular complexity index is 489. The van der Waals surface area contributed by atoms with Crippen LogP contribution < -0.4 is 0 Å². The molecule has 2 unspecified atom stereocenters. The minimum atomic E-state index is -0.321. The molecule has 0 radical (unpaired) electrons. The van der Waals surface area contributed by atoms with Crippen LogP contribution in [0.3, 0.4) is 0 Å². The van der Waals surface area contributed by atoms with Gasteiger partial charge in [-0.25, -0.2) is 0 Å². The molecule has 3 N–H and O–H groups in total. The average molecular weight is 388 g/mol. The molecule has 1 aromatic rings. The van der Waals surface area contributed by atoms with Gasteiger partial charge in [-0.2, -0.15) is 0 Å². The van der Waals surface area contributed by atoms with E-state index in [4.69, 9.17) is 0 Å². The molecule has 0 amide bonds. The van der Waals surface area contributed by atoms with Gasteiger partial charge in [0.1, 0.15) is 9.86 Å². The normalized spacial score (nSPS) is 33.5. The third kappa shape index (κ3) is 2.70. The Kier molecular flexibility index (Phi) is 4.24. The highest BCUT2D eigenvalue weighted by Crippen LogP contribution is 2.48. The maximum atomic E-state index is 10.3. The van der Waals surface area contributed by atoms with Gasteiger partial charge in [-0.1, -0.05) is 34.7 Å². The summed E-state index contributed by atoms with van der Waals surface area (Å²) in [5.74, 6) is 1.66. The van der Waals surface area contributed by atoms with Crippen molar-refractivity contribution in [2.45, 2.75) is 42.3 Å². The van der Waals surface area contributed by atoms with Crippen LogP contribution in [-0.4, -0.2) is 25.5 Å². The van der Waals surface area contributed by atoms with Gasteiger partial charge in [0.2, 0.25) is 0 Å². The lowest BCUT2D eigenvalue weighted by Crippen LogP contribution is -2.27. The van der Waals surface area contributed by atoms with Crippen LogP contribution >= 0.6 is 22.6 Å². The number of phenolic OH excluding ortho intramolecular Hbond substituents is 1. The van der Waals surface area contributed by atoms with Gasteiger partial charge in [-0.3, -0.25) is 0 Å². The summed E-state index contributed by atoms with van der Waals surface area (Å²) in [4.78, 5) is 0. The SMILES string of the molecule is Oc1cccc2c1CC1C[C@@H](O)C(CC[C@H](O)I)[C@H]1C2. The fourth-order valence-corrected chi connectivity index (χ4v) is 4.51. The standard InChI is InChI=1S/C16H21IO3/c17-16(20)5-4-11-12-6-9-2-1-3-14(18)13(9)7-10(12)8-15(11)19/h1-3,10-12,15-16,18-20H,4-8H2/t10?,11?,12-,15+,16-/m0/s1. The third-order valence-corrected chi connectivity index (χ3v) is 5.73. The van der Waals surface area contributed by atoms with E-state index in [1.54, 1.807) is 6.07 Å². The summed E-state index contributed by atoms with van der Waals surface area (Å²) in [6, 6.07) is 5.76. The van der Waals surface area contributed by atoms with Crippen molar-refractivity contribution >= 4 is 22.6 Å². The van der Waals surface area contributed by atoms with Crippen molar-refractivity contribution in [2.24, 2.45) is 17.8 Å². The molecular weight excluding hydrogens is 367 g/mol. The summed E-state index contributed by atoms with van der Waals surface area (Å²) in [5.41, 5.74) is 2.32.